The molecular formula is C14H21Br. The number of alkyl halides is 1. The number of aryl methyl sites for hydroxylation is 2. The average Bonchev–Trinajstić information content (AvgIpc) is 2.21. The van der Waals surface area contributed by atoms with E-state index >= 15 is 0 Å². The zero-order valence-electron chi connectivity index (χ0n) is 10.2. The lowest BCUT2D eigenvalue weighted by molar-refractivity contribution is 0.518. The van der Waals surface area contributed by atoms with Gasteiger partial charge in [-0.05, 0) is 42.9 Å². The number of rotatable bonds is 4. The number of hydrogen-bond acceptors (Lipinski definition) is 0. The first-order valence-corrected chi connectivity index (χ1v) is 6.69. The molecule has 1 heteroatoms. The van der Waals surface area contributed by atoms with Crippen molar-refractivity contribution in [2.75, 3.05) is 0 Å². The highest BCUT2D eigenvalue weighted by atomic mass is 79.9. The zero-order valence-corrected chi connectivity index (χ0v) is 11.8. The Hall–Kier alpha value is -0.300. The number of benzene rings is 1. The third-order valence-electron chi connectivity index (χ3n) is 3.09. The van der Waals surface area contributed by atoms with E-state index in [9.17, 15) is 0 Å². The topological polar surface area (TPSA) is 0 Å². The molecule has 0 fully saturated rings. The molecule has 0 spiro atoms. The van der Waals surface area contributed by atoms with Crippen LogP contribution in [-0.4, -0.2) is 0 Å². The predicted molar refractivity (Wildman–Crippen MR) is 71.7 cm³/mol. The Bertz CT molecular complexity index is 317. The fraction of sp³-hybridized carbons (Fsp3) is 0.571. The summed E-state index contributed by atoms with van der Waals surface area (Å²) in [6.45, 7) is 8.91. The van der Waals surface area contributed by atoms with Gasteiger partial charge in [-0.1, -0.05) is 54.4 Å². The molecule has 15 heavy (non-hydrogen) atoms. The molecule has 0 aromatic heterocycles. The summed E-state index contributed by atoms with van der Waals surface area (Å²) in [4.78, 5) is 0.497. The highest BCUT2D eigenvalue weighted by Crippen LogP contribution is 2.34. The number of hydrogen-bond donors (Lipinski definition) is 0. The highest BCUT2D eigenvalue weighted by molar-refractivity contribution is 9.09. The summed E-state index contributed by atoms with van der Waals surface area (Å²) in [6, 6.07) is 6.77. The normalized spacial score (nSPS) is 15.0. The van der Waals surface area contributed by atoms with Crippen LogP contribution >= 0.6 is 15.9 Å². The van der Waals surface area contributed by atoms with Gasteiger partial charge < -0.3 is 0 Å². The van der Waals surface area contributed by atoms with Crippen molar-refractivity contribution in [3.63, 3.8) is 0 Å². The molecule has 0 bridgehead atoms. The summed E-state index contributed by atoms with van der Waals surface area (Å²) in [5.74, 6) is 0.706. The molecule has 0 amide bonds. The molecule has 0 saturated heterocycles. The van der Waals surface area contributed by atoms with Crippen LogP contribution in [-0.2, 0) is 0 Å². The first kappa shape index (κ1) is 12.8. The molecule has 84 valence electrons. The van der Waals surface area contributed by atoms with Crippen molar-refractivity contribution in [3.05, 3.63) is 34.9 Å². The zero-order chi connectivity index (χ0) is 11.4. The van der Waals surface area contributed by atoms with Gasteiger partial charge in [0, 0.05) is 4.83 Å². The molecule has 0 aliphatic heterocycles. The van der Waals surface area contributed by atoms with Crippen molar-refractivity contribution in [1.82, 2.24) is 0 Å². The Labute approximate surface area is 102 Å². The minimum absolute atomic E-state index is 0.497. The maximum atomic E-state index is 3.81. The van der Waals surface area contributed by atoms with Gasteiger partial charge in [0.2, 0.25) is 0 Å². The van der Waals surface area contributed by atoms with Gasteiger partial charge in [0.15, 0.2) is 0 Å². The van der Waals surface area contributed by atoms with E-state index in [-0.39, 0.29) is 0 Å². The Balaban J connectivity index is 2.81. The minimum atomic E-state index is 0.497. The van der Waals surface area contributed by atoms with Crippen LogP contribution in [0.25, 0.3) is 0 Å². The van der Waals surface area contributed by atoms with E-state index in [1.54, 1.807) is 0 Å². The lowest BCUT2D eigenvalue weighted by Crippen LogP contribution is -2.03. The fourth-order valence-corrected chi connectivity index (χ4v) is 2.42. The molecule has 2 unspecified atom stereocenters. The Morgan fingerprint density at radius 2 is 1.87 bits per heavy atom. The van der Waals surface area contributed by atoms with Gasteiger partial charge in [-0.3, -0.25) is 0 Å². The molecule has 0 radical (unpaired) electrons. The van der Waals surface area contributed by atoms with Crippen LogP contribution in [0, 0.1) is 19.8 Å². The van der Waals surface area contributed by atoms with Crippen LogP contribution in [0.5, 0.6) is 0 Å². The second-order valence-corrected chi connectivity index (χ2v) is 5.50. The van der Waals surface area contributed by atoms with Gasteiger partial charge in [0.25, 0.3) is 0 Å². The Morgan fingerprint density at radius 1 is 1.20 bits per heavy atom. The molecule has 2 atom stereocenters. The molecular weight excluding hydrogens is 248 g/mol. The third-order valence-corrected chi connectivity index (χ3v) is 4.52. The summed E-state index contributed by atoms with van der Waals surface area (Å²) in [5.41, 5.74) is 4.18. The minimum Gasteiger partial charge on any atom is -0.0836 e. The third kappa shape index (κ3) is 3.34. The molecule has 0 nitrogen and oxygen atoms in total. The van der Waals surface area contributed by atoms with E-state index in [2.05, 4.69) is 61.8 Å². The summed E-state index contributed by atoms with van der Waals surface area (Å²) < 4.78 is 0. The van der Waals surface area contributed by atoms with Crippen LogP contribution < -0.4 is 0 Å². The molecule has 0 saturated carbocycles. The van der Waals surface area contributed by atoms with Crippen molar-refractivity contribution in [2.45, 2.75) is 45.4 Å². The van der Waals surface area contributed by atoms with Gasteiger partial charge in [-0.2, -0.15) is 0 Å². The largest absolute Gasteiger partial charge is 0.0836 e. The van der Waals surface area contributed by atoms with Crippen molar-refractivity contribution in [1.29, 1.82) is 0 Å². The summed E-state index contributed by atoms with van der Waals surface area (Å²) in [6.07, 6.45) is 2.54. The number of halogens is 1. The summed E-state index contributed by atoms with van der Waals surface area (Å²) >= 11 is 3.81. The highest BCUT2D eigenvalue weighted by Gasteiger charge is 2.15. The fourth-order valence-electron chi connectivity index (χ4n) is 1.87. The van der Waals surface area contributed by atoms with Crippen LogP contribution in [0.15, 0.2) is 18.2 Å². The van der Waals surface area contributed by atoms with Gasteiger partial charge in [0.05, 0.1) is 0 Å². The monoisotopic (exact) mass is 268 g/mol. The SMILES string of the molecule is CCCC(C)C(Br)c1ccc(C)c(C)c1. The van der Waals surface area contributed by atoms with Crippen LogP contribution in [0.4, 0.5) is 0 Å². The smallest absolute Gasteiger partial charge is 0.0420 e. The van der Waals surface area contributed by atoms with Crippen molar-refractivity contribution < 1.29 is 0 Å². The standard InChI is InChI=1S/C14H21Br/c1-5-6-11(3)14(15)13-8-7-10(2)12(4)9-13/h7-9,11,14H,5-6H2,1-4H3. The van der Waals surface area contributed by atoms with Crippen molar-refractivity contribution in [2.24, 2.45) is 5.92 Å². The molecule has 1 rings (SSSR count). The molecule has 0 aliphatic carbocycles. The lowest BCUT2D eigenvalue weighted by atomic mass is 9.95. The van der Waals surface area contributed by atoms with E-state index < -0.39 is 0 Å². The molecule has 0 N–H and O–H groups in total. The molecule has 1 aromatic rings. The van der Waals surface area contributed by atoms with Gasteiger partial charge in [0.1, 0.15) is 0 Å². The second-order valence-electron chi connectivity index (χ2n) is 4.51. The molecule has 0 aliphatic rings. The van der Waals surface area contributed by atoms with Crippen LogP contribution in [0.3, 0.4) is 0 Å². The first-order chi connectivity index (χ1) is 7.06. The van der Waals surface area contributed by atoms with Gasteiger partial charge >= 0.3 is 0 Å². The maximum Gasteiger partial charge on any atom is 0.0420 e. The first-order valence-electron chi connectivity index (χ1n) is 5.77. The van der Waals surface area contributed by atoms with Crippen LogP contribution in [0.1, 0.15) is 48.2 Å². The van der Waals surface area contributed by atoms with E-state index in [4.69, 9.17) is 0 Å². The maximum absolute atomic E-state index is 3.81. The summed E-state index contributed by atoms with van der Waals surface area (Å²) in [5, 5.41) is 0. The van der Waals surface area contributed by atoms with Gasteiger partial charge in [-0.15, -0.1) is 0 Å². The molecule has 0 heterocycles. The van der Waals surface area contributed by atoms with E-state index in [1.807, 2.05) is 0 Å². The van der Waals surface area contributed by atoms with E-state index in [1.165, 1.54) is 29.5 Å². The van der Waals surface area contributed by atoms with E-state index in [0.29, 0.717) is 10.7 Å². The molecule has 1 aromatic carbocycles. The van der Waals surface area contributed by atoms with Gasteiger partial charge in [-0.25, -0.2) is 0 Å². The summed E-state index contributed by atoms with van der Waals surface area (Å²) in [7, 11) is 0. The Morgan fingerprint density at radius 3 is 2.40 bits per heavy atom. The lowest BCUT2D eigenvalue weighted by Gasteiger charge is -2.19. The second kappa shape index (κ2) is 5.69. The van der Waals surface area contributed by atoms with Crippen molar-refractivity contribution >= 4 is 15.9 Å². The Kier molecular flexibility index (Phi) is 4.85. The van der Waals surface area contributed by atoms with Crippen molar-refractivity contribution in [3.8, 4) is 0 Å². The van der Waals surface area contributed by atoms with Crippen LogP contribution in [0.2, 0.25) is 0 Å². The predicted octanol–water partition coefficient (Wildman–Crippen LogP) is 5.18. The quantitative estimate of drug-likeness (QED) is 0.661. The average molecular weight is 269 g/mol. The van der Waals surface area contributed by atoms with E-state index in [0.717, 1.165) is 0 Å².